The molecule has 0 radical (unpaired) electrons. The number of esters is 2. The van der Waals surface area contributed by atoms with Gasteiger partial charge in [-0.1, -0.05) is 0 Å². The monoisotopic (exact) mass is 393 g/mol. The van der Waals surface area contributed by atoms with Crippen molar-refractivity contribution in [3.8, 4) is 0 Å². The Balaban J connectivity index is 1.88. The number of hydrogen-bond acceptors (Lipinski definition) is 6. The quantitative estimate of drug-likeness (QED) is 0.562. The molecule has 114 valence electrons. The zero-order valence-electron chi connectivity index (χ0n) is 11.0. The topological polar surface area (TPSA) is 80.8 Å². The van der Waals surface area contributed by atoms with Crippen LogP contribution in [0.4, 0.5) is 0 Å². The summed E-state index contributed by atoms with van der Waals surface area (Å²) in [7, 11) is -3.64. The first-order chi connectivity index (χ1) is 9.80. The molecule has 6 nitrogen and oxygen atoms in total. The molecule has 9 heteroatoms. The Labute approximate surface area is 134 Å². The first kappa shape index (κ1) is 15.1. The first-order valence-corrected chi connectivity index (χ1v) is 9.37. The second-order valence-electron chi connectivity index (χ2n) is 5.13. The maximum atomic E-state index is 12.6. The number of piperidine rings is 1. The van der Waals surface area contributed by atoms with Gasteiger partial charge in [0.2, 0.25) is 0 Å². The molecule has 0 N–H and O–H groups in total. The number of ether oxygens (including phenoxy) is 1. The number of nitrogens with zero attached hydrogens (tertiary/aromatic N) is 1. The second kappa shape index (κ2) is 5.15. The molecule has 1 aromatic heterocycles. The molecular formula is C12H12BrNO5S2. The normalized spacial score (nSPS) is 26.8. The van der Waals surface area contributed by atoms with Gasteiger partial charge < -0.3 is 4.74 Å². The molecule has 2 atom stereocenters. The molecule has 0 amide bonds. The summed E-state index contributed by atoms with van der Waals surface area (Å²) in [5.74, 6) is -2.32. The Morgan fingerprint density at radius 3 is 2.62 bits per heavy atom. The highest BCUT2D eigenvalue weighted by atomic mass is 79.9. The Kier molecular flexibility index (Phi) is 3.71. The highest BCUT2D eigenvalue weighted by Gasteiger charge is 2.49. The van der Waals surface area contributed by atoms with Gasteiger partial charge in [0.25, 0.3) is 10.0 Å². The SMILES string of the molecule is Cc1cc(S(=O)(=O)N2CCC3C(=O)OC(=O)C3C2)sc1Br. The fraction of sp³-hybridized carbons (Fsp3) is 0.500. The lowest BCUT2D eigenvalue weighted by molar-refractivity contribution is -0.153. The van der Waals surface area contributed by atoms with E-state index in [4.69, 9.17) is 0 Å². The molecule has 3 heterocycles. The van der Waals surface area contributed by atoms with Gasteiger partial charge in [0.1, 0.15) is 4.21 Å². The Hall–Kier alpha value is -0.770. The molecule has 2 unspecified atom stereocenters. The van der Waals surface area contributed by atoms with Crippen LogP contribution < -0.4 is 0 Å². The maximum absolute atomic E-state index is 12.6. The van der Waals surface area contributed by atoms with Crippen molar-refractivity contribution in [1.29, 1.82) is 0 Å². The highest BCUT2D eigenvalue weighted by molar-refractivity contribution is 9.11. The number of carbonyl (C=O) groups is 2. The van der Waals surface area contributed by atoms with E-state index in [1.807, 2.05) is 6.92 Å². The van der Waals surface area contributed by atoms with Crippen molar-refractivity contribution in [2.24, 2.45) is 11.8 Å². The number of cyclic esters (lactones) is 2. The summed E-state index contributed by atoms with van der Waals surface area (Å²) in [5, 5.41) is 0. The number of hydrogen-bond donors (Lipinski definition) is 0. The van der Waals surface area contributed by atoms with Gasteiger partial charge >= 0.3 is 11.9 Å². The van der Waals surface area contributed by atoms with E-state index in [9.17, 15) is 18.0 Å². The van der Waals surface area contributed by atoms with E-state index < -0.39 is 33.8 Å². The summed E-state index contributed by atoms with van der Waals surface area (Å²) in [6, 6.07) is 1.61. The molecular weight excluding hydrogens is 382 g/mol. The Morgan fingerprint density at radius 2 is 2.00 bits per heavy atom. The predicted octanol–water partition coefficient (Wildman–Crippen LogP) is 1.53. The Bertz CT molecular complexity index is 707. The predicted molar refractivity (Wildman–Crippen MR) is 78.2 cm³/mol. The smallest absolute Gasteiger partial charge is 0.318 e. The van der Waals surface area contributed by atoms with Crippen molar-refractivity contribution in [2.45, 2.75) is 17.6 Å². The molecule has 2 aliphatic heterocycles. The van der Waals surface area contributed by atoms with E-state index in [2.05, 4.69) is 20.7 Å². The number of rotatable bonds is 2. The minimum Gasteiger partial charge on any atom is -0.393 e. The molecule has 0 bridgehead atoms. The molecule has 0 saturated carbocycles. The van der Waals surface area contributed by atoms with E-state index in [-0.39, 0.29) is 17.3 Å². The zero-order valence-corrected chi connectivity index (χ0v) is 14.3. The number of carbonyl (C=O) groups excluding carboxylic acids is 2. The van der Waals surface area contributed by atoms with Gasteiger partial charge in [0.05, 0.1) is 15.6 Å². The molecule has 1 aromatic rings. The summed E-state index contributed by atoms with van der Waals surface area (Å²) < 4.78 is 32.1. The number of thiophene rings is 1. The lowest BCUT2D eigenvalue weighted by Gasteiger charge is -2.30. The van der Waals surface area contributed by atoms with Crippen molar-refractivity contribution in [3.63, 3.8) is 0 Å². The average Bonchev–Trinajstić information content (AvgIpc) is 2.91. The standard InChI is InChI=1S/C12H12BrNO5S2/c1-6-4-9(20-10(6)13)21(17,18)14-3-2-7-8(5-14)12(16)19-11(7)15/h4,7-8H,2-3,5H2,1H3. The van der Waals surface area contributed by atoms with Gasteiger partial charge in [-0.25, -0.2) is 8.42 Å². The van der Waals surface area contributed by atoms with Gasteiger partial charge in [0.15, 0.2) is 0 Å². The lowest BCUT2D eigenvalue weighted by atomic mass is 9.89. The van der Waals surface area contributed by atoms with Crippen LogP contribution in [0.15, 0.2) is 14.1 Å². The number of halogens is 1. The van der Waals surface area contributed by atoms with Crippen LogP contribution in [-0.2, 0) is 24.3 Å². The third kappa shape index (κ3) is 2.45. The van der Waals surface area contributed by atoms with Crippen molar-refractivity contribution in [3.05, 3.63) is 15.4 Å². The van der Waals surface area contributed by atoms with Gasteiger partial charge in [-0.05, 0) is 40.9 Å². The summed E-state index contributed by atoms with van der Waals surface area (Å²) >= 11 is 4.46. The van der Waals surface area contributed by atoms with E-state index in [1.165, 1.54) is 4.31 Å². The van der Waals surface area contributed by atoms with Crippen molar-refractivity contribution in [2.75, 3.05) is 13.1 Å². The largest absolute Gasteiger partial charge is 0.393 e. The molecule has 0 spiro atoms. The molecule has 2 saturated heterocycles. The van der Waals surface area contributed by atoms with Crippen LogP contribution in [0.3, 0.4) is 0 Å². The van der Waals surface area contributed by atoms with E-state index >= 15 is 0 Å². The van der Waals surface area contributed by atoms with Crippen molar-refractivity contribution in [1.82, 2.24) is 4.31 Å². The van der Waals surface area contributed by atoms with Gasteiger partial charge in [0, 0.05) is 13.1 Å². The molecule has 0 aromatic carbocycles. The van der Waals surface area contributed by atoms with Gasteiger partial charge in [-0.2, -0.15) is 4.31 Å². The van der Waals surface area contributed by atoms with Gasteiger partial charge in [-0.3, -0.25) is 9.59 Å². The minimum absolute atomic E-state index is 0.00609. The van der Waals surface area contributed by atoms with Crippen LogP contribution in [0.2, 0.25) is 0 Å². The summed E-state index contributed by atoms with van der Waals surface area (Å²) in [4.78, 5) is 23.1. The van der Waals surface area contributed by atoms with Crippen molar-refractivity contribution < 1.29 is 22.7 Å². The van der Waals surface area contributed by atoms with Crippen LogP contribution in [-0.4, -0.2) is 37.8 Å². The first-order valence-electron chi connectivity index (χ1n) is 6.32. The molecule has 21 heavy (non-hydrogen) atoms. The Morgan fingerprint density at radius 1 is 1.33 bits per heavy atom. The molecule has 2 fully saturated rings. The van der Waals surface area contributed by atoms with Crippen LogP contribution in [0.25, 0.3) is 0 Å². The van der Waals surface area contributed by atoms with E-state index in [1.54, 1.807) is 6.07 Å². The minimum atomic E-state index is -3.64. The second-order valence-corrected chi connectivity index (χ2v) is 9.66. The summed E-state index contributed by atoms with van der Waals surface area (Å²) in [6.07, 6.45) is 0.319. The number of aryl methyl sites for hydroxylation is 1. The van der Waals surface area contributed by atoms with Crippen LogP contribution in [0.1, 0.15) is 12.0 Å². The van der Waals surface area contributed by atoms with Crippen LogP contribution >= 0.6 is 27.3 Å². The summed E-state index contributed by atoms with van der Waals surface area (Å²) in [6.45, 7) is 2.05. The molecule has 0 aliphatic carbocycles. The fourth-order valence-electron chi connectivity index (χ4n) is 2.60. The van der Waals surface area contributed by atoms with Gasteiger partial charge in [-0.15, -0.1) is 11.3 Å². The molecule has 3 rings (SSSR count). The number of sulfonamides is 1. The van der Waals surface area contributed by atoms with Crippen LogP contribution in [0.5, 0.6) is 0 Å². The van der Waals surface area contributed by atoms with Crippen LogP contribution in [0, 0.1) is 18.8 Å². The maximum Gasteiger partial charge on any atom is 0.318 e. The summed E-state index contributed by atoms with van der Waals surface area (Å²) in [5.41, 5.74) is 0.851. The van der Waals surface area contributed by atoms with Crippen molar-refractivity contribution >= 4 is 49.2 Å². The molecule has 2 aliphatic rings. The highest BCUT2D eigenvalue weighted by Crippen LogP contribution is 2.37. The zero-order chi connectivity index (χ0) is 15.4. The van der Waals surface area contributed by atoms with E-state index in [0.29, 0.717) is 6.42 Å². The third-order valence-electron chi connectivity index (χ3n) is 3.81. The van der Waals surface area contributed by atoms with E-state index in [0.717, 1.165) is 20.7 Å². The third-order valence-corrected chi connectivity index (χ3v) is 8.26. The number of fused-ring (bicyclic) bond motifs is 1. The average molecular weight is 394 g/mol. The lowest BCUT2D eigenvalue weighted by Crippen LogP contribution is -2.44. The fourth-order valence-corrected chi connectivity index (χ4v) is 6.46.